The van der Waals surface area contributed by atoms with Crippen LogP contribution in [0.1, 0.15) is 32.3 Å². The molecule has 26 heavy (non-hydrogen) atoms. The van der Waals surface area contributed by atoms with Crippen LogP contribution >= 0.6 is 0 Å². The second kappa shape index (κ2) is 8.17. The summed E-state index contributed by atoms with van der Waals surface area (Å²) in [5.74, 6) is -0.662. The van der Waals surface area contributed by atoms with Crippen LogP contribution in [0, 0.1) is 0 Å². The van der Waals surface area contributed by atoms with E-state index in [1.807, 2.05) is 50.3 Å². The minimum Gasteiger partial charge on any atom is -0.353 e. The Morgan fingerprint density at radius 3 is 2.62 bits per heavy atom. The molecule has 2 saturated heterocycles. The second-order valence-electron chi connectivity index (χ2n) is 7.34. The number of methoxy groups -OCH3 is 1. The van der Waals surface area contributed by atoms with Gasteiger partial charge >= 0.3 is 0 Å². The zero-order valence-corrected chi connectivity index (χ0v) is 15.7. The number of hydroxylamine groups is 2. The van der Waals surface area contributed by atoms with Gasteiger partial charge in [0.05, 0.1) is 6.10 Å². The van der Waals surface area contributed by atoms with Crippen molar-refractivity contribution in [3.05, 3.63) is 48.6 Å². The molecule has 1 N–H and O–H groups in total. The Balaban J connectivity index is 1.68. The largest absolute Gasteiger partial charge is 0.353 e. The highest BCUT2D eigenvalue weighted by Gasteiger charge is 2.55. The Morgan fingerprint density at radius 1 is 1.27 bits per heavy atom. The maximum atomic E-state index is 10.6. The van der Waals surface area contributed by atoms with Gasteiger partial charge in [-0.15, -0.1) is 6.58 Å². The van der Waals surface area contributed by atoms with Crippen molar-refractivity contribution in [3.8, 4) is 0 Å². The molecule has 0 aromatic heterocycles. The van der Waals surface area contributed by atoms with Gasteiger partial charge in [-0.2, -0.15) is 5.06 Å². The number of hydrogen-bond acceptors (Lipinski definition) is 6. The van der Waals surface area contributed by atoms with Crippen LogP contribution in [-0.2, 0) is 25.5 Å². The second-order valence-corrected chi connectivity index (χ2v) is 7.34. The van der Waals surface area contributed by atoms with E-state index in [1.165, 1.54) is 5.06 Å². The van der Waals surface area contributed by atoms with Crippen LogP contribution in [0.5, 0.6) is 0 Å². The predicted octanol–water partition coefficient (Wildman–Crippen LogP) is 3.10. The lowest BCUT2D eigenvalue weighted by Gasteiger charge is -2.29. The third-order valence-corrected chi connectivity index (χ3v) is 4.89. The van der Waals surface area contributed by atoms with Crippen molar-refractivity contribution in [2.75, 3.05) is 7.11 Å². The summed E-state index contributed by atoms with van der Waals surface area (Å²) >= 11 is 0. The highest BCUT2D eigenvalue weighted by Crippen LogP contribution is 2.40. The summed E-state index contributed by atoms with van der Waals surface area (Å²) in [7, 11) is 1.60. The summed E-state index contributed by atoms with van der Waals surface area (Å²) < 4.78 is 23.4. The van der Waals surface area contributed by atoms with Gasteiger partial charge in [0.2, 0.25) is 0 Å². The van der Waals surface area contributed by atoms with E-state index in [4.69, 9.17) is 18.9 Å². The van der Waals surface area contributed by atoms with Crippen molar-refractivity contribution >= 4 is 0 Å². The van der Waals surface area contributed by atoms with Crippen molar-refractivity contribution in [1.29, 1.82) is 0 Å². The van der Waals surface area contributed by atoms with E-state index in [1.54, 1.807) is 7.11 Å². The molecule has 0 bridgehead atoms. The number of fused-ring (bicyclic) bond motifs is 1. The van der Waals surface area contributed by atoms with Gasteiger partial charge in [-0.1, -0.05) is 36.4 Å². The van der Waals surface area contributed by atoms with E-state index in [2.05, 4.69) is 6.58 Å². The predicted molar refractivity (Wildman–Crippen MR) is 96.5 cm³/mol. The topological polar surface area (TPSA) is 60.4 Å². The summed E-state index contributed by atoms with van der Waals surface area (Å²) in [6.07, 6.45) is 1.89. The van der Waals surface area contributed by atoms with Crippen LogP contribution < -0.4 is 0 Å². The van der Waals surface area contributed by atoms with Gasteiger partial charge < -0.3 is 24.2 Å². The number of rotatable bonds is 8. The smallest absolute Gasteiger partial charge is 0.186 e. The van der Waals surface area contributed by atoms with Gasteiger partial charge in [0.25, 0.3) is 0 Å². The average molecular weight is 363 g/mol. The summed E-state index contributed by atoms with van der Waals surface area (Å²) in [6, 6.07) is 9.74. The van der Waals surface area contributed by atoms with Crippen molar-refractivity contribution in [2.24, 2.45) is 0 Å². The first-order valence-electron chi connectivity index (χ1n) is 9.07. The fraction of sp³-hybridized carbons (Fsp3) is 0.600. The third kappa shape index (κ3) is 4.34. The number of ether oxygens (including phenoxy) is 4. The number of hydrogen-bond donors (Lipinski definition) is 1. The van der Waals surface area contributed by atoms with E-state index in [0.717, 1.165) is 5.56 Å². The minimum atomic E-state index is -0.662. The Bertz CT molecular complexity index is 593. The minimum absolute atomic E-state index is 0.138. The molecule has 0 amide bonds. The molecule has 0 radical (unpaired) electrons. The Morgan fingerprint density at radius 2 is 1.96 bits per heavy atom. The maximum absolute atomic E-state index is 10.6. The van der Waals surface area contributed by atoms with Crippen LogP contribution in [0.3, 0.4) is 0 Å². The van der Waals surface area contributed by atoms with E-state index in [9.17, 15) is 5.21 Å². The van der Waals surface area contributed by atoms with E-state index in [-0.39, 0.29) is 24.4 Å². The molecule has 0 unspecified atom stereocenters. The van der Waals surface area contributed by atoms with E-state index >= 15 is 0 Å². The SMILES string of the molecule is C=CC[C@@H](C[C@H]1O[C@@H](OC)[C@H]2OC(C)(C)O[C@H]21)N(O)Cc1ccccc1. The van der Waals surface area contributed by atoms with E-state index < -0.39 is 12.1 Å². The lowest BCUT2D eigenvalue weighted by Crippen LogP contribution is -2.39. The van der Waals surface area contributed by atoms with Crippen molar-refractivity contribution < 1.29 is 24.2 Å². The maximum Gasteiger partial charge on any atom is 0.186 e. The molecule has 1 aromatic rings. The van der Waals surface area contributed by atoms with Crippen LogP contribution in [0.25, 0.3) is 0 Å². The van der Waals surface area contributed by atoms with Gasteiger partial charge in [-0.25, -0.2) is 0 Å². The van der Waals surface area contributed by atoms with Crippen molar-refractivity contribution in [2.45, 2.75) is 69.7 Å². The van der Waals surface area contributed by atoms with Gasteiger partial charge in [-0.05, 0) is 32.3 Å². The Kier molecular flexibility index (Phi) is 6.12. The molecule has 6 heteroatoms. The first kappa shape index (κ1) is 19.5. The van der Waals surface area contributed by atoms with Gasteiger partial charge in [0, 0.05) is 19.7 Å². The molecule has 144 valence electrons. The Hall–Kier alpha value is -1.28. The van der Waals surface area contributed by atoms with Gasteiger partial charge in [0.1, 0.15) is 12.2 Å². The fourth-order valence-corrected chi connectivity index (χ4v) is 3.72. The average Bonchev–Trinajstić information content (AvgIpc) is 3.08. The normalized spacial score (nSPS) is 31.1. The molecule has 2 aliphatic heterocycles. The van der Waals surface area contributed by atoms with Gasteiger partial charge in [-0.3, -0.25) is 0 Å². The summed E-state index contributed by atoms with van der Waals surface area (Å²) in [4.78, 5) is 0. The van der Waals surface area contributed by atoms with Crippen LogP contribution in [0.4, 0.5) is 0 Å². The molecule has 0 saturated carbocycles. The standard InChI is InChI=1S/C20H29NO5/c1-5-9-15(21(22)13-14-10-7-6-8-11-14)12-16-17-18(19(23-4)24-16)26-20(2,3)25-17/h5-8,10-11,15-19,22H,1,9,12-13H2,2-4H3/t15-,16+,17-,18-,19+/m0/s1. The molecular formula is C20H29NO5. The number of nitrogens with zero attached hydrogens (tertiary/aromatic N) is 1. The zero-order valence-electron chi connectivity index (χ0n) is 15.7. The zero-order chi connectivity index (χ0) is 18.7. The molecule has 5 atom stereocenters. The summed E-state index contributed by atoms with van der Waals surface area (Å²) in [5.41, 5.74) is 1.05. The molecule has 2 aliphatic rings. The molecule has 0 aliphatic carbocycles. The molecule has 3 rings (SSSR count). The van der Waals surface area contributed by atoms with E-state index in [0.29, 0.717) is 19.4 Å². The summed E-state index contributed by atoms with van der Waals surface area (Å²) in [5, 5.41) is 12.0. The lowest BCUT2D eigenvalue weighted by molar-refractivity contribution is -0.232. The molecule has 6 nitrogen and oxygen atoms in total. The van der Waals surface area contributed by atoms with Crippen molar-refractivity contribution in [1.82, 2.24) is 5.06 Å². The van der Waals surface area contributed by atoms with Crippen molar-refractivity contribution in [3.63, 3.8) is 0 Å². The highest BCUT2D eigenvalue weighted by molar-refractivity contribution is 5.14. The molecule has 2 fully saturated rings. The monoisotopic (exact) mass is 363 g/mol. The first-order chi connectivity index (χ1) is 12.4. The first-order valence-corrected chi connectivity index (χ1v) is 9.07. The fourth-order valence-electron chi connectivity index (χ4n) is 3.72. The van der Waals surface area contributed by atoms with Crippen LogP contribution in [0.15, 0.2) is 43.0 Å². The van der Waals surface area contributed by atoms with Crippen LogP contribution in [-0.4, -0.2) is 53.8 Å². The lowest BCUT2D eigenvalue weighted by atomic mass is 10.0. The molecule has 2 heterocycles. The molecule has 0 spiro atoms. The van der Waals surface area contributed by atoms with Gasteiger partial charge in [0.15, 0.2) is 12.1 Å². The van der Waals surface area contributed by atoms with Crippen LogP contribution in [0.2, 0.25) is 0 Å². The highest BCUT2D eigenvalue weighted by atomic mass is 16.8. The molecule has 1 aromatic carbocycles. The number of benzene rings is 1. The summed E-state index contributed by atoms with van der Waals surface area (Å²) in [6.45, 7) is 8.05. The quantitative estimate of drug-likeness (QED) is 0.566. The third-order valence-electron chi connectivity index (χ3n) is 4.89. The molecular weight excluding hydrogens is 334 g/mol. The Labute approximate surface area is 155 Å².